The fourth-order valence-electron chi connectivity index (χ4n) is 1.01. The number of hydrogen-bond acceptors (Lipinski definition) is 3. The number of nitrogens with one attached hydrogen (secondary N) is 1. The van der Waals surface area contributed by atoms with Gasteiger partial charge in [-0.15, -0.1) is 0 Å². The zero-order valence-electron chi connectivity index (χ0n) is 7.29. The number of aliphatic hydroxyl groups is 1. The Morgan fingerprint density at radius 2 is 2.33 bits per heavy atom. The molecule has 2 unspecified atom stereocenters. The van der Waals surface area contributed by atoms with Gasteiger partial charge in [0.25, 0.3) is 0 Å². The summed E-state index contributed by atoms with van der Waals surface area (Å²) in [5.74, 6) is 0.202. The van der Waals surface area contributed by atoms with Crippen LogP contribution in [0.5, 0.6) is 0 Å². The summed E-state index contributed by atoms with van der Waals surface area (Å²) in [5, 5.41) is 12.0. The van der Waals surface area contributed by atoms with Crippen molar-refractivity contribution in [1.82, 2.24) is 5.32 Å². The fraction of sp³-hybridized carbons (Fsp3) is 0.875. The zero-order chi connectivity index (χ0) is 9.14. The van der Waals surface area contributed by atoms with E-state index in [0.29, 0.717) is 12.5 Å². The Bertz CT molecular complexity index is 166. The van der Waals surface area contributed by atoms with Crippen molar-refractivity contribution < 1.29 is 9.90 Å². The molecule has 70 valence electrons. The molecule has 2 atom stereocenters. The van der Waals surface area contributed by atoms with Gasteiger partial charge in [-0.05, 0) is 25.7 Å². The van der Waals surface area contributed by atoms with Crippen LogP contribution >= 0.6 is 0 Å². The molecule has 0 radical (unpaired) electrons. The van der Waals surface area contributed by atoms with E-state index >= 15 is 0 Å². The first kappa shape index (κ1) is 9.48. The Morgan fingerprint density at radius 1 is 1.75 bits per heavy atom. The maximum atomic E-state index is 10.9. The number of rotatable bonds is 4. The molecule has 1 aliphatic rings. The molecule has 0 aromatic carbocycles. The van der Waals surface area contributed by atoms with Gasteiger partial charge >= 0.3 is 0 Å². The van der Waals surface area contributed by atoms with Crippen molar-refractivity contribution in [3.8, 4) is 0 Å². The van der Waals surface area contributed by atoms with E-state index < -0.39 is 6.04 Å². The van der Waals surface area contributed by atoms with Crippen molar-refractivity contribution in [2.45, 2.75) is 31.9 Å². The lowest BCUT2D eigenvalue weighted by Crippen LogP contribution is -2.42. The number of amides is 1. The van der Waals surface area contributed by atoms with E-state index in [2.05, 4.69) is 5.32 Å². The minimum atomic E-state index is -0.489. The number of carbonyl (C=O) groups excluding carboxylic acids is 1. The molecule has 0 bridgehead atoms. The van der Waals surface area contributed by atoms with Gasteiger partial charge in [0.05, 0.1) is 12.1 Å². The van der Waals surface area contributed by atoms with Crippen LogP contribution in [0.3, 0.4) is 0 Å². The van der Waals surface area contributed by atoms with Crippen LogP contribution in [0, 0.1) is 5.92 Å². The second-order valence-electron chi connectivity index (χ2n) is 3.44. The third kappa shape index (κ3) is 2.79. The number of nitrogens with two attached hydrogens (primary N) is 1. The molecule has 0 saturated heterocycles. The minimum Gasteiger partial charge on any atom is -0.391 e. The van der Waals surface area contributed by atoms with Crippen molar-refractivity contribution in [2.75, 3.05) is 6.54 Å². The summed E-state index contributed by atoms with van der Waals surface area (Å²) in [5.41, 5.74) is 5.32. The molecule has 0 aromatic rings. The minimum absolute atomic E-state index is 0.199. The second kappa shape index (κ2) is 3.87. The predicted molar refractivity (Wildman–Crippen MR) is 45.4 cm³/mol. The fourth-order valence-corrected chi connectivity index (χ4v) is 1.01. The predicted octanol–water partition coefficient (Wildman–Crippen LogP) is -0.779. The molecule has 0 aromatic heterocycles. The lowest BCUT2D eigenvalue weighted by molar-refractivity contribution is -0.122. The van der Waals surface area contributed by atoms with Gasteiger partial charge in [0.15, 0.2) is 0 Å². The highest BCUT2D eigenvalue weighted by Crippen LogP contribution is 2.32. The molecule has 1 aliphatic carbocycles. The van der Waals surface area contributed by atoms with Crippen LogP contribution in [0.2, 0.25) is 0 Å². The monoisotopic (exact) mass is 172 g/mol. The molecule has 0 aliphatic heterocycles. The summed E-state index contributed by atoms with van der Waals surface area (Å²) in [6.45, 7) is 1.96. The topological polar surface area (TPSA) is 75.4 Å². The van der Waals surface area contributed by atoms with E-state index in [1.807, 2.05) is 0 Å². The average Bonchev–Trinajstić information content (AvgIpc) is 2.81. The first-order chi connectivity index (χ1) is 5.61. The summed E-state index contributed by atoms with van der Waals surface area (Å²) < 4.78 is 0. The summed E-state index contributed by atoms with van der Waals surface area (Å²) in [6.07, 6.45) is 1.78. The van der Waals surface area contributed by atoms with Gasteiger partial charge in [-0.25, -0.2) is 0 Å². The Morgan fingerprint density at radius 3 is 2.75 bits per heavy atom. The normalized spacial score (nSPS) is 21.6. The van der Waals surface area contributed by atoms with Crippen molar-refractivity contribution in [2.24, 2.45) is 11.7 Å². The first-order valence-electron chi connectivity index (χ1n) is 4.32. The Labute approximate surface area is 72.1 Å². The highest BCUT2D eigenvalue weighted by Gasteiger charge is 2.29. The smallest absolute Gasteiger partial charge is 0.236 e. The highest BCUT2D eigenvalue weighted by molar-refractivity contribution is 5.80. The molecular formula is C8H16N2O2. The van der Waals surface area contributed by atoms with Gasteiger partial charge < -0.3 is 16.2 Å². The van der Waals surface area contributed by atoms with Crippen molar-refractivity contribution in [3.05, 3.63) is 0 Å². The van der Waals surface area contributed by atoms with Crippen LogP contribution in [0.1, 0.15) is 19.8 Å². The third-order valence-corrected chi connectivity index (χ3v) is 2.07. The van der Waals surface area contributed by atoms with E-state index in [4.69, 9.17) is 5.73 Å². The molecule has 4 N–H and O–H groups in total. The lowest BCUT2D eigenvalue weighted by Gasteiger charge is -2.11. The maximum absolute atomic E-state index is 10.9. The zero-order valence-corrected chi connectivity index (χ0v) is 7.29. The molecule has 4 heteroatoms. The summed E-state index contributed by atoms with van der Waals surface area (Å²) in [6, 6.07) is -0.489. The third-order valence-electron chi connectivity index (χ3n) is 2.07. The van der Waals surface area contributed by atoms with Crippen LogP contribution in [0.25, 0.3) is 0 Å². The standard InChI is InChI=1S/C8H16N2O2/c1-5(9)8(12)10-4-7(11)6-2-3-6/h5-7,11H,2-4,9H2,1H3,(H,10,12). The molecule has 12 heavy (non-hydrogen) atoms. The Balaban J connectivity index is 2.11. The molecule has 4 nitrogen and oxygen atoms in total. The molecule has 1 fully saturated rings. The molecule has 1 saturated carbocycles. The van der Waals surface area contributed by atoms with Crippen LogP contribution in [0.4, 0.5) is 0 Å². The SMILES string of the molecule is CC(N)C(=O)NCC(O)C1CC1. The Kier molecular flexibility index (Phi) is 3.05. The summed E-state index contributed by atoms with van der Waals surface area (Å²) in [4.78, 5) is 10.9. The van der Waals surface area contributed by atoms with Crippen molar-refractivity contribution in [1.29, 1.82) is 0 Å². The summed E-state index contributed by atoms with van der Waals surface area (Å²) >= 11 is 0. The molecule has 0 spiro atoms. The number of carbonyl (C=O) groups is 1. The van der Waals surface area contributed by atoms with E-state index in [-0.39, 0.29) is 12.0 Å². The van der Waals surface area contributed by atoms with Crippen molar-refractivity contribution >= 4 is 5.91 Å². The largest absolute Gasteiger partial charge is 0.391 e. The highest BCUT2D eigenvalue weighted by atomic mass is 16.3. The van der Waals surface area contributed by atoms with Gasteiger partial charge in [0, 0.05) is 6.54 Å². The van der Waals surface area contributed by atoms with E-state index in [1.165, 1.54) is 0 Å². The maximum Gasteiger partial charge on any atom is 0.236 e. The summed E-state index contributed by atoms with van der Waals surface area (Å²) in [7, 11) is 0. The van der Waals surface area contributed by atoms with E-state index in [1.54, 1.807) is 6.92 Å². The average molecular weight is 172 g/mol. The quantitative estimate of drug-likeness (QED) is 0.520. The number of aliphatic hydroxyl groups excluding tert-OH is 1. The van der Waals surface area contributed by atoms with Crippen LogP contribution in [0.15, 0.2) is 0 Å². The van der Waals surface area contributed by atoms with Gasteiger partial charge in [-0.1, -0.05) is 0 Å². The first-order valence-corrected chi connectivity index (χ1v) is 4.32. The van der Waals surface area contributed by atoms with Crippen LogP contribution < -0.4 is 11.1 Å². The Hall–Kier alpha value is -0.610. The number of hydrogen-bond donors (Lipinski definition) is 3. The lowest BCUT2D eigenvalue weighted by atomic mass is 10.2. The van der Waals surface area contributed by atoms with Gasteiger partial charge in [-0.3, -0.25) is 4.79 Å². The van der Waals surface area contributed by atoms with Gasteiger partial charge in [0.1, 0.15) is 0 Å². The van der Waals surface area contributed by atoms with Crippen LogP contribution in [-0.2, 0) is 4.79 Å². The van der Waals surface area contributed by atoms with Gasteiger partial charge in [-0.2, -0.15) is 0 Å². The van der Waals surface area contributed by atoms with Crippen LogP contribution in [-0.4, -0.2) is 29.7 Å². The molecule has 0 heterocycles. The van der Waals surface area contributed by atoms with Gasteiger partial charge in [0.2, 0.25) is 5.91 Å². The molecular weight excluding hydrogens is 156 g/mol. The van der Waals surface area contributed by atoms with Crippen molar-refractivity contribution in [3.63, 3.8) is 0 Å². The van der Waals surface area contributed by atoms with E-state index in [0.717, 1.165) is 12.8 Å². The van der Waals surface area contributed by atoms with E-state index in [9.17, 15) is 9.90 Å². The molecule has 1 rings (SSSR count). The molecule has 1 amide bonds. The second-order valence-corrected chi connectivity index (χ2v) is 3.44.